The van der Waals surface area contributed by atoms with E-state index in [1.807, 2.05) is 0 Å². The van der Waals surface area contributed by atoms with Crippen molar-refractivity contribution in [1.82, 2.24) is 0 Å². The molecule has 2 heteroatoms. The van der Waals surface area contributed by atoms with E-state index >= 15 is 0 Å². The Hall–Kier alpha value is -5.65. The Morgan fingerprint density at radius 3 is 2.44 bits per heavy atom. The maximum atomic E-state index is 12.9. The molecule has 7 aromatic carbocycles. The second-order valence-electron chi connectivity index (χ2n) is 18.7. The summed E-state index contributed by atoms with van der Waals surface area (Å²) in [4.78, 5) is 12.9. The van der Waals surface area contributed by atoms with E-state index in [9.17, 15) is 4.79 Å². The Labute approximate surface area is 308 Å². The van der Waals surface area contributed by atoms with E-state index in [-0.39, 0.29) is 16.8 Å². The normalized spacial score (nSPS) is 35.2. The molecule has 7 aromatic rings. The van der Waals surface area contributed by atoms with Crippen molar-refractivity contribution in [3.05, 3.63) is 145 Å². The van der Waals surface area contributed by atoms with Crippen LogP contribution in [-0.4, -0.2) is 13.1 Å². The van der Waals surface area contributed by atoms with Gasteiger partial charge in [0.15, 0.2) is 0 Å². The molecule has 0 heterocycles. The Kier molecular flexibility index (Phi) is 3.30. The number of fused-ring (bicyclic) bond motifs is 6. The summed E-state index contributed by atoms with van der Waals surface area (Å²) in [6.07, 6.45) is 9.98. The number of rotatable bonds is 5. The van der Waals surface area contributed by atoms with Crippen LogP contribution < -0.4 is 10.4 Å². The monoisotopic (exact) mass is 684 g/mol. The zero-order valence-electron chi connectivity index (χ0n) is 29.4. The summed E-state index contributed by atoms with van der Waals surface area (Å²) in [7, 11) is 1.54. The number of esters is 1. The quantitative estimate of drug-likeness (QED) is 0.103. The molecule has 2 bridgehead atoms. The van der Waals surface area contributed by atoms with E-state index in [4.69, 9.17) is 4.74 Å². The number of carbonyl (C=O) groups is 1. The van der Waals surface area contributed by atoms with Crippen molar-refractivity contribution >= 4 is 76.6 Å². The molecule has 0 amide bonds. The molecule has 18 rings (SSSR count). The lowest BCUT2D eigenvalue weighted by atomic mass is 9.49. The molecule has 248 valence electrons. The molecular formula is C52H28O2. The lowest BCUT2D eigenvalue weighted by molar-refractivity contribution is -0.140. The van der Waals surface area contributed by atoms with Gasteiger partial charge in [-0.15, -0.1) is 11.5 Å². The maximum Gasteiger partial charge on any atom is 0.305 e. The second kappa shape index (κ2) is 7.02. The van der Waals surface area contributed by atoms with Crippen molar-refractivity contribution in [3.63, 3.8) is 0 Å². The van der Waals surface area contributed by atoms with Crippen LogP contribution in [0.15, 0.2) is 107 Å². The lowest BCUT2D eigenvalue weighted by Gasteiger charge is -2.51. The van der Waals surface area contributed by atoms with Gasteiger partial charge in [0.25, 0.3) is 0 Å². The number of hydrogen-bond acceptors (Lipinski definition) is 2. The van der Waals surface area contributed by atoms with Gasteiger partial charge in [0.05, 0.1) is 7.11 Å². The van der Waals surface area contributed by atoms with Crippen molar-refractivity contribution < 1.29 is 9.53 Å². The first-order valence-electron chi connectivity index (χ1n) is 20.3. The predicted octanol–water partition coefficient (Wildman–Crippen LogP) is 9.04. The summed E-state index contributed by atoms with van der Waals surface area (Å²) in [5, 5.41) is 19.0. The summed E-state index contributed by atoms with van der Waals surface area (Å²) >= 11 is 0. The van der Waals surface area contributed by atoms with Crippen LogP contribution in [0.5, 0.6) is 0 Å². The number of ether oxygens (including phenoxy) is 1. The maximum absolute atomic E-state index is 12.9. The van der Waals surface area contributed by atoms with Crippen LogP contribution in [0.3, 0.4) is 0 Å². The van der Waals surface area contributed by atoms with E-state index in [1.54, 1.807) is 105 Å². The van der Waals surface area contributed by atoms with Crippen molar-refractivity contribution in [3.8, 4) is 0 Å². The summed E-state index contributed by atoms with van der Waals surface area (Å²) in [6.45, 7) is 0. The molecule has 0 radical (unpaired) electrons. The fraction of sp³-hybridized carbons (Fsp3) is 0.250. The molecule has 2 nitrogen and oxygen atoms in total. The van der Waals surface area contributed by atoms with Crippen LogP contribution in [0.2, 0.25) is 0 Å². The average Bonchev–Trinajstić information content (AvgIpc) is 4.07. The minimum Gasteiger partial charge on any atom is -0.469 e. The number of hydrogen-bond donors (Lipinski definition) is 0. The summed E-state index contributed by atoms with van der Waals surface area (Å²) in [5.74, 6) is 2.46. The zero-order valence-corrected chi connectivity index (χ0v) is 29.4. The third-order valence-electron chi connectivity index (χ3n) is 18.0. The molecule has 1 spiro atoms. The predicted molar refractivity (Wildman–Crippen MR) is 210 cm³/mol. The molecule has 11 aliphatic carbocycles. The first kappa shape index (κ1) is 25.4. The third kappa shape index (κ3) is 1.86. The molecule has 2 saturated carbocycles. The largest absolute Gasteiger partial charge is 0.469 e. The second-order valence-corrected chi connectivity index (χ2v) is 18.7. The van der Waals surface area contributed by atoms with E-state index in [2.05, 4.69) is 84.3 Å². The Balaban J connectivity index is 1.17. The lowest BCUT2D eigenvalue weighted by Crippen LogP contribution is -2.53. The summed E-state index contributed by atoms with van der Waals surface area (Å²) < 4.78 is 5.28. The fourth-order valence-corrected chi connectivity index (χ4v) is 17.3. The van der Waals surface area contributed by atoms with Gasteiger partial charge in [0.2, 0.25) is 0 Å². The first-order valence-corrected chi connectivity index (χ1v) is 20.3. The van der Waals surface area contributed by atoms with Crippen LogP contribution in [0.25, 0.3) is 70.6 Å². The van der Waals surface area contributed by atoms with E-state index in [1.165, 1.54) is 33.0 Å². The highest BCUT2D eigenvalue weighted by molar-refractivity contribution is 6.47. The van der Waals surface area contributed by atoms with Crippen LogP contribution in [-0.2, 0) is 14.9 Å². The number of carbonyl (C=O) groups excluding carboxylic acids is 1. The third-order valence-corrected chi connectivity index (χ3v) is 18.0. The molecule has 9 unspecified atom stereocenters. The van der Waals surface area contributed by atoms with Crippen LogP contribution in [0.4, 0.5) is 0 Å². The average molecular weight is 685 g/mol. The Morgan fingerprint density at radius 2 is 1.56 bits per heavy atom. The van der Waals surface area contributed by atoms with Crippen LogP contribution in [0.1, 0.15) is 64.8 Å². The van der Waals surface area contributed by atoms with Gasteiger partial charge in [0, 0.05) is 69.8 Å². The number of methoxy groups -OCH3 is 1. The smallest absolute Gasteiger partial charge is 0.305 e. The van der Waals surface area contributed by atoms with Gasteiger partial charge in [-0.2, -0.15) is 0 Å². The number of allylic oxidation sites excluding steroid dienone is 6. The highest BCUT2D eigenvalue weighted by Crippen LogP contribution is 2.87. The Bertz CT molecular complexity index is 3650. The molecular weight excluding hydrogens is 657 g/mol. The standard InChI is InChI=1S/C52H28O2/c1-54-30(53)8-5-17-51(19-6-3-2-4-7-19)29-18-28-26-15-13-25-23-12-11-21-20-9-10-22-24-14-16-27-31(29)49-47-38(27)36(24)41-33(22)32(20)40-34(21)35(23)42-37(25)39(26)50(52(28,49)51)48-45(42)43(40)44(41)46(47)48/h2-4,6-7,9-12,14-15,18,24,26,36-39,49H,5,8,17H2,1H3. The summed E-state index contributed by atoms with van der Waals surface area (Å²) in [6, 6.07) is 21.6. The molecule has 54 heavy (non-hydrogen) atoms. The van der Waals surface area contributed by atoms with Crippen LogP contribution in [0, 0.1) is 29.1 Å². The van der Waals surface area contributed by atoms with E-state index in [0.29, 0.717) is 47.8 Å². The topological polar surface area (TPSA) is 26.3 Å². The molecule has 2 fully saturated rings. The molecule has 0 saturated heterocycles. The fourth-order valence-electron chi connectivity index (χ4n) is 17.3. The molecule has 0 aromatic heterocycles. The van der Waals surface area contributed by atoms with Crippen LogP contribution >= 0.6 is 0 Å². The minimum absolute atomic E-state index is 0.101. The van der Waals surface area contributed by atoms with Gasteiger partial charge < -0.3 is 4.74 Å². The van der Waals surface area contributed by atoms with Gasteiger partial charge in [-0.05, 0) is 145 Å². The SMILES string of the molecule is COC(=O)CCCC1(c2ccccc2)C2=C3C4=C=CC5c6ccc7c8ccc9c%10c%11c%12c%13c%14c%15c(c6c7c(c%12%15)c%108)C5C4C=%14C3C13C(=C2)C1C=C=C9C%11C1C=%133. The molecule has 0 N–H and O–H groups in total. The molecule has 0 aliphatic heterocycles. The van der Waals surface area contributed by atoms with Gasteiger partial charge in [-0.25, -0.2) is 0 Å². The van der Waals surface area contributed by atoms with Gasteiger partial charge >= 0.3 is 5.97 Å². The molecule has 9 atom stereocenters. The van der Waals surface area contributed by atoms with E-state index in [0.717, 1.165) is 12.8 Å². The van der Waals surface area contributed by atoms with Crippen molar-refractivity contribution in [2.45, 2.75) is 42.4 Å². The number of benzene rings is 5. The highest BCUT2D eigenvalue weighted by Gasteiger charge is 2.80. The Morgan fingerprint density at radius 1 is 0.759 bits per heavy atom. The van der Waals surface area contributed by atoms with E-state index < -0.39 is 0 Å². The first-order chi connectivity index (χ1) is 26.7. The van der Waals surface area contributed by atoms with Gasteiger partial charge in [-0.3, -0.25) is 4.79 Å². The zero-order chi connectivity index (χ0) is 34.2. The molecule has 11 aliphatic rings. The van der Waals surface area contributed by atoms with Gasteiger partial charge in [0.1, 0.15) is 0 Å². The minimum atomic E-state index is -0.263. The highest BCUT2D eigenvalue weighted by atomic mass is 16.5. The van der Waals surface area contributed by atoms with Gasteiger partial charge in [-0.1, -0.05) is 60.7 Å². The van der Waals surface area contributed by atoms with Crippen molar-refractivity contribution in [1.29, 1.82) is 0 Å². The van der Waals surface area contributed by atoms with Crippen molar-refractivity contribution in [2.24, 2.45) is 29.1 Å². The summed E-state index contributed by atoms with van der Waals surface area (Å²) in [5.41, 5.74) is 26.8. The van der Waals surface area contributed by atoms with Crippen molar-refractivity contribution in [2.75, 3.05) is 7.11 Å².